The number of halogens is 1. The highest BCUT2D eigenvalue weighted by Gasteiger charge is 2.34. The summed E-state index contributed by atoms with van der Waals surface area (Å²) >= 11 is 0. The van der Waals surface area contributed by atoms with E-state index in [4.69, 9.17) is 5.26 Å². The summed E-state index contributed by atoms with van der Waals surface area (Å²) in [7, 11) is 1.87. The van der Waals surface area contributed by atoms with E-state index in [9.17, 15) is 9.50 Å². The Hall–Kier alpha value is -2.23. The standard InChI is InChI=1S/C17H19FN4O/c1-21-7-14(6-20-21)16-10-22(9-15(16)11-23)8-13-4-12(5-19)2-3-17(13)18/h2-4,6-7,15-16,23H,8-11H2,1H3/t15-,16-/m0/s1. The number of nitrogens with zero attached hydrogens (tertiary/aromatic N) is 4. The van der Waals surface area contributed by atoms with Crippen LogP contribution in [0.4, 0.5) is 4.39 Å². The van der Waals surface area contributed by atoms with E-state index in [0.29, 0.717) is 24.2 Å². The van der Waals surface area contributed by atoms with Crippen molar-refractivity contribution in [3.8, 4) is 6.07 Å². The van der Waals surface area contributed by atoms with Gasteiger partial charge >= 0.3 is 0 Å². The maximum absolute atomic E-state index is 14.0. The lowest BCUT2D eigenvalue weighted by Gasteiger charge is -2.16. The van der Waals surface area contributed by atoms with Gasteiger partial charge < -0.3 is 5.11 Å². The van der Waals surface area contributed by atoms with Crippen molar-refractivity contribution in [2.75, 3.05) is 19.7 Å². The van der Waals surface area contributed by atoms with Crippen LogP contribution in [-0.4, -0.2) is 39.5 Å². The molecule has 0 saturated carbocycles. The van der Waals surface area contributed by atoms with Gasteiger partial charge in [0.1, 0.15) is 5.82 Å². The maximum Gasteiger partial charge on any atom is 0.127 e. The fourth-order valence-corrected chi connectivity index (χ4v) is 3.29. The molecule has 0 bridgehead atoms. The number of likely N-dealkylation sites (tertiary alicyclic amines) is 1. The van der Waals surface area contributed by atoms with Crippen molar-refractivity contribution < 1.29 is 9.50 Å². The summed E-state index contributed by atoms with van der Waals surface area (Å²) in [5.74, 6) is 0.00620. The maximum atomic E-state index is 14.0. The van der Waals surface area contributed by atoms with Gasteiger partial charge in [0.25, 0.3) is 0 Å². The molecule has 3 rings (SSSR count). The number of aliphatic hydroxyl groups is 1. The molecule has 0 aliphatic carbocycles. The van der Waals surface area contributed by atoms with Crippen molar-refractivity contribution in [2.45, 2.75) is 12.5 Å². The SMILES string of the molecule is Cn1cc([C@@H]2CN(Cc3cc(C#N)ccc3F)C[C@H]2CO)cn1. The van der Waals surface area contributed by atoms with Crippen LogP contribution in [0.5, 0.6) is 0 Å². The third-order valence-corrected chi connectivity index (χ3v) is 4.47. The van der Waals surface area contributed by atoms with Gasteiger partial charge in [-0.15, -0.1) is 0 Å². The Labute approximate surface area is 134 Å². The summed E-state index contributed by atoms with van der Waals surface area (Å²) in [5, 5.41) is 22.8. The largest absolute Gasteiger partial charge is 0.396 e. The van der Waals surface area contributed by atoms with E-state index in [1.807, 2.05) is 25.5 Å². The summed E-state index contributed by atoms with van der Waals surface area (Å²) in [5.41, 5.74) is 2.08. The van der Waals surface area contributed by atoms with E-state index in [-0.39, 0.29) is 24.3 Å². The number of benzene rings is 1. The minimum absolute atomic E-state index is 0.0940. The molecule has 1 aliphatic heterocycles. The van der Waals surface area contributed by atoms with Crippen molar-refractivity contribution in [2.24, 2.45) is 13.0 Å². The second-order valence-corrected chi connectivity index (χ2v) is 6.11. The van der Waals surface area contributed by atoms with E-state index in [1.165, 1.54) is 12.1 Å². The number of aliphatic hydroxyl groups excluding tert-OH is 1. The van der Waals surface area contributed by atoms with Gasteiger partial charge in [0.15, 0.2) is 0 Å². The summed E-state index contributed by atoms with van der Waals surface area (Å²) in [6.45, 7) is 1.98. The van der Waals surface area contributed by atoms with Crippen LogP contribution in [0.1, 0.15) is 22.6 Å². The molecule has 2 aromatic rings. The van der Waals surface area contributed by atoms with Gasteiger partial charge in [0.05, 0.1) is 17.8 Å². The molecule has 2 heterocycles. The molecular formula is C17H19FN4O. The van der Waals surface area contributed by atoms with Crippen molar-refractivity contribution in [3.05, 3.63) is 53.1 Å². The summed E-state index contributed by atoms with van der Waals surface area (Å²) < 4.78 is 15.7. The first-order valence-electron chi connectivity index (χ1n) is 7.61. The molecule has 0 unspecified atom stereocenters. The van der Waals surface area contributed by atoms with Crippen molar-refractivity contribution >= 4 is 0 Å². The molecule has 2 atom stereocenters. The zero-order valence-electron chi connectivity index (χ0n) is 13.0. The average Bonchev–Trinajstić information content (AvgIpc) is 3.15. The summed E-state index contributed by atoms with van der Waals surface area (Å²) in [4.78, 5) is 2.12. The molecule has 6 heteroatoms. The molecule has 120 valence electrons. The van der Waals surface area contributed by atoms with Crippen molar-refractivity contribution in [3.63, 3.8) is 0 Å². The molecule has 1 aliphatic rings. The van der Waals surface area contributed by atoms with Gasteiger partial charge in [0.2, 0.25) is 0 Å². The topological polar surface area (TPSA) is 65.1 Å². The van der Waals surface area contributed by atoms with E-state index >= 15 is 0 Å². The van der Waals surface area contributed by atoms with E-state index in [2.05, 4.69) is 10.00 Å². The first-order chi connectivity index (χ1) is 11.1. The Morgan fingerprint density at radius 1 is 1.43 bits per heavy atom. The molecule has 1 saturated heterocycles. The lowest BCUT2D eigenvalue weighted by molar-refractivity contribution is 0.213. The molecular weight excluding hydrogens is 295 g/mol. The number of aryl methyl sites for hydroxylation is 1. The minimum atomic E-state index is -0.297. The fraction of sp³-hybridized carbons (Fsp3) is 0.412. The molecule has 0 radical (unpaired) electrons. The van der Waals surface area contributed by atoms with Crippen molar-refractivity contribution in [1.82, 2.24) is 14.7 Å². The van der Waals surface area contributed by atoms with Gasteiger partial charge in [-0.25, -0.2) is 4.39 Å². The smallest absolute Gasteiger partial charge is 0.127 e. The molecule has 1 fully saturated rings. The highest BCUT2D eigenvalue weighted by Crippen LogP contribution is 2.33. The number of hydrogen-bond acceptors (Lipinski definition) is 4. The van der Waals surface area contributed by atoms with Crippen LogP contribution in [0.2, 0.25) is 0 Å². The second kappa shape index (κ2) is 6.49. The van der Waals surface area contributed by atoms with Gasteiger partial charge in [-0.05, 0) is 23.8 Å². The highest BCUT2D eigenvalue weighted by atomic mass is 19.1. The average molecular weight is 314 g/mol. The van der Waals surface area contributed by atoms with Crippen LogP contribution < -0.4 is 0 Å². The molecule has 0 amide bonds. The fourth-order valence-electron chi connectivity index (χ4n) is 3.29. The third-order valence-electron chi connectivity index (χ3n) is 4.47. The van der Waals surface area contributed by atoms with Gasteiger partial charge in [-0.3, -0.25) is 9.58 Å². The first kappa shape index (κ1) is 15.7. The van der Waals surface area contributed by atoms with Gasteiger partial charge in [-0.1, -0.05) is 0 Å². The molecule has 1 aromatic heterocycles. The Kier molecular flexibility index (Phi) is 4.42. The van der Waals surface area contributed by atoms with Crippen LogP contribution in [-0.2, 0) is 13.6 Å². The Morgan fingerprint density at radius 2 is 2.26 bits per heavy atom. The molecule has 1 aromatic carbocycles. The van der Waals surface area contributed by atoms with Gasteiger partial charge in [0, 0.05) is 56.9 Å². The summed E-state index contributed by atoms with van der Waals surface area (Å²) in [6.07, 6.45) is 3.79. The molecule has 0 spiro atoms. The highest BCUT2D eigenvalue weighted by molar-refractivity contribution is 5.34. The van der Waals surface area contributed by atoms with Crippen LogP contribution in [0.15, 0.2) is 30.6 Å². The van der Waals surface area contributed by atoms with E-state index < -0.39 is 0 Å². The lowest BCUT2D eigenvalue weighted by atomic mass is 9.92. The molecule has 1 N–H and O–H groups in total. The number of hydrogen-bond donors (Lipinski definition) is 1. The van der Waals surface area contributed by atoms with Gasteiger partial charge in [-0.2, -0.15) is 10.4 Å². The minimum Gasteiger partial charge on any atom is -0.396 e. The monoisotopic (exact) mass is 314 g/mol. The Bertz CT molecular complexity index is 736. The van der Waals surface area contributed by atoms with Crippen LogP contribution in [0, 0.1) is 23.1 Å². The Morgan fingerprint density at radius 3 is 2.91 bits per heavy atom. The second-order valence-electron chi connectivity index (χ2n) is 6.11. The quantitative estimate of drug-likeness (QED) is 0.932. The van der Waals surface area contributed by atoms with E-state index in [1.54, 1.807) is 10.7 Å². The zero-order valence-corrected chi connectivity index (χ0v) is 13.0. The van der Waals surface area contributed by atoms with Crippen LogP contribution in [0.3, 0.4) is 0 Å². The number of aromatic nitrogens is 2. The van der Waals surface area contributed by atoms with Crippen LogP contribution in [0.25, 0.3) is 0 Å². The predicted molar refractivity (Wildman–Crippen MR) is 82.9 cm³/mol. The normalized spacial score (nSPS) is 21.5. The molecule has 5 nitrogen and oxygen atoms in total. The van der Waals surface area contributed by atoms with Crippen LogP contribution >= 0.6 is 0 Å². The predicted octanol–water partition coefficient (Wildman–Crippen LogP) is 1.64. The Balaban J connectivity index is 1.76. The lowest BCUT2D eigenvalue weighted by Crippen LogP contribution is -2.21. The van der Waals surface area contributed by atoms with E-state index in [0.717, 1.165) is 12.1 Å². The molecule has 23 heavy (non-hydrogen) atoms. The number of nitriles is 1. The summed E-state index contributed by atoms with van der Waals surface area (Å²) in [6, 6.07) is 6.46. The van der Waals surface area contributed by atoms with Crippen molar-refractivity contribution in [1.29, 1.82) is 5.26 Å². The zero-order chi connectivity index (χ0) is 16.4. The number of rotatable bonds is 4. The first-order valence-corrected chi connectivity index (χ1v) is 7.61. The third kappa shape index (κ3) is 3.26.